The fraction of sp³-hybridized carbons (Fsp3) is 0.304. The molecule has 3 aromatic rings. The zero-order valence-corrected chi connectivity index (χ0v) is 16.8. The zero-order valence-electron chi connectivity index (χ0n) is 16.8. The molecule has 0 aliphatic carbocycles. The van der Waals surface area contributed by atoms with Gasteiger partial charge in [-0.25, -0.2) is 4.79 Å². The second-order valence-electron chi connectivity index (χ2n) is 6.79. The lowest BCUT2D eigenvalue weighted by Gasteiger charge is -2.07. The summed E-state index contributed by atoms with van der Waals surface area (Å²) in [5.74, 6) is -0.203. The van der Waals surface area contributed by atoms with E-state index in [0.717, 1.165) is 41.6 Å². The largest absolute Gasteiger partial charge is 0.507 e. The lowest BCUT2D eigenvalue weighted by Crippen LogP contribution is -2.02. The summed E-state index contributed by atoms with van der Waals surface area (Å²) in [7, 11) is 0. The molecule has 0 fully saturated rings. The molecule has 0 saturated carbocycles. The summed E-state index contributed by atoms with van der Waals surface area (Å²) in [5, 5.41) is 23.7. The van der Waals surface area contributed by atoms with Crippen molar-refractivity contribution in [2.75, 3.05) is 13.2 Å². The molecule has 7 nitrogen and oxygen atoms in total. The minimum Gasteiger partial charge on any atom is -0.507 e. The van der Waals surface area contributed by atoms with Gasteiger partial charge in [-0.3, -0.25) is 0 Å². The number of aryl methyl sites for hydroxylation is 1. The SMILES string of the molecule is CCCCc1oc2ccccc2c1C=NOCCCOc1ccc(C(=O)O)c(O)c1. The first kappa shape index (κ1) is 21.2. The van der Waals surface area contributed by atoms with Crippen LogP contribution >= 0.6 is 0 Å². The standard InChI is InChI=1S/C23H25NO6/c1-2-3-8-22-19(17-7-4-5-9-21(17)30-22)15-24-29-13-6-12-28-16-10-11-18(23(26)27)20(25)14-16/h4-5,7,9-11,14-15,25H,2-3,6,8,12-13H2,1H3,(H,26,27). The first-order chi connectivity index (χ1) is 14.6. The molecular weight excluding hydrogens is 386 g/mol. The van der Waals surface area contributed by atoms with Crippen molar-refractivity contribution in [3.63, 3.8) is 0 Å². The molecule has 0 spiro atoms. The third kappa shape index (κ3) is 5.31. The Bertz CT molecular complexity index is 1020. The minimum atomic E-state index is -1.19. The van der Waals surface area contributed by atoms with Gasteiger partial charge in [0.1, 0.15) is 35.0 Å². The molecule has 0 amide bonds. The molecule has 0 saturated heterocycles. The molecule has 2 aromatic carbocycles. The van der Waals surface area contributed by atoms with Crippen molar-refractivity contribution in [1.82, 2.24) is 0 Å². The zero-order chi connectivity index (χ0) is 21.3. The quantitative estimate of drug-likeness (QED) is 0.262. The van der Waals surface area contributed by atoms with E-state index in [1.54, 1.807) is 6.21 Å². The molecule has 0 atom stereocenters. The molecule has 0 bridgehead atoms. The Morgan fingerprint density at radius 3 is 2.77 bits per heavy atom. The number of ether oxygens (including phenoxy) is 1. The number of hydrogen-bond donors (Lipinski definition) is 2. The summed E-state index contributed by atoms with van der Waals surface area (Å²) in [6.45, 7) is 2.84. The van der Waals surface area contributed by atoms with Crippen molar-refractivity contribution < 1.29 is 29.0 Å². The van der Waals surface area contributed by atoms with Gasteiger partial charge in [0.05, 0.1) is 12.8 Å². The number of fused-ring (bicyclic) bond motifs is 1. The predicted octanol–water partition coefficient (Wildman–Crippen LogP) is 5.00. The molecule has 2 N–H and O–H groups in total. The van der Waals surface area contributed by atoms with E-state index in [0.29, 0.717) is 25.4 Å². The van der Waals surface area contributed by atoms with E-state index in [9.17, 15) is 9.90 Å². The van der Waals surface area contributed by atoms with Crippen molar-refractivity contribution in [1.29, 1.82) is 0 Å². The molecule has 1 heterocycles. The lowest BCUT2D eigenvalue weighted by atomic mass is 10.1. The van der Waals surface area contributed by atoms with Crippen LogP contribution in [-0.2, 0) is 11.3 Å². The van der Waals surface area contributed by atoms with Crippen LogP contribution in [0.3, 0.4) is 0 Å². The van der Waals surface area contributed by atoms with Crippen LogP contribution in [-0.4, -0.2) is 35.6 Å². The Morgan fingerprint density at radius 2 is 2.00 bits per heavy atom. The number of unbranched alkanes of at least 4 members (excludes halogenated alkanes) is 1. The first-order valence-corrected chi connectivity index (χ1v) is 9.95. The molecule has 0 unspecified atom stereocenters. The number of phenols is 1. The van der Waals surface area contributed by atoms with Gasteiger partial charge in [0.2, 0.25) is 0 Å². The van der Waals surface area contributed by atoms with Gasteiger partial charge in [-0.2, -0.15) is 0 Å². The Balaban J connectivity index is 1.49. The van der Waals surface area contributed by atoms with Gasteiger partial charge in [-0.15, -0.1) is 0 Å². The third-order valence-electron chi connectivity index (χ3n) is 4.57. The molecule has 0 aliphatic rings. The summed E-state index contributed by atoms with van der Waals surface area (Å²) in [4.78, 5) is 16.2. The van der Waals surface area contributed by atoms with Crippen molar-refractivity contribution in [3.05, 3.63) is 59.4 Å². The fourth-order valence-electron chi connectivity index (χ4n) is 3.02. The number of benzene rings is 2. The maximum Gasteiger partial charge on any atom is 0.339 e. The lowest BCUT2D eigenvalue weighted by molar-refractivity contribution is 0.0693. The predicted molar refractivity (Wildman–Crippen MR) is 114 cm³/mol. The number of aromatic hydroxyl groups is 1. The topological polar surface area (TPSA) is 101 Å². The normalized spacial score (nSPS) is 11.2. The number of carbonyl (C=O) groups is 1. The maximum atomic E-state index is 10.9. The number of oxime groups is 1. The second-order valence-corrected chi connectivity index (χ2v) is 6.79. The average Bonchev–Trinajstić information content (AvgIpc) is 3.08. The van der Waals surface area contributed by atoms with Gasteiger partial charge < -0.3 is 24.2 Å². The van der Waals surface area contributed by atoms with Crippen LogP contribution in [0.25, 0.3) is 11.0 Å². The highest BCUT2D eigenvalue weighted by molar-refractivity contribution is 5.99. The first-order valence-electron chi connectivity index (χ1n) is 9.95. The van der Waals surface area contributed by atoms with Gasteiger partial charge in [-0.1, -0.05) is 36.7 Å². The summed E-state index contributed by atoms with van der Waals surface area (Å²) in [6, 6.07) is 12.0. The number of carboxylic acids is 1. The molecule has 1 aromatic heterocycles. The molecule has 30 heavy (non-hydrogen) atoms. The summed E-state index contributed by atoms with van der Waals surface area (Å²) >= 11 is 0. The van der Waals surface area contributed by atoms with Crippen molar-refractivity contribution in [2.24, 2.45) is 5.16 Å². The van der Waals surface area contributed by atoms with Crippen LogP contribution in [0.15, 0.2) is 52.0 Å². The molecule has 0 radical (unpaired) electrons. The number of hydrogen-bond acceptors (Lipinski definition) is 6. The monoisotopic (exact) mass is 411 g/mol. The van der Waals surface area contributed by atoms with E-state index in [2.05, 4.69) is 12.1 Å². The average molecular weight is 411 g/mol. The van der Waals surface area contributed by atoms with Crippen LogP contribution < -0.4 is 4.74 Å². The smallest absolute Gasteiger partial charge is 0.339 e. The minimum absolute atomic E-state index is 0.162. The Morgan fingerprint density at radius 1 is 1.17 bits per heavy atom. The van der Waals surface area contributed by atoms with E-state index < -0.39 is 5.97 Å². The highest BCUT2D eigenvalue weighted by atomic mass is 16.6. The van der Waals surface area contributed by atoms with Gasteiger partial charge in [0.25, 0.3) is 0 Å². The van der Waals surface area contributed by atoms with Crippen LogP contribution in [0.5, 0.6) is 11.5 Å². The maximum absolute atomic E-state index is 10.9. The molecular formula is C23H25NO6. The number of furan rings is 1. The van der Waals surface area contributed by atoms with Gasteiger partial charge in [0, 0.05) is 29.9 Å². The molecule has 0 aliphatic heterocycles. The number of para-hydroxylation sites is 1. The van der Waals surface area contributed by atoms with Crippen LogP contribution in [0.2, 0.25) is 0 Å². The van der Waals surface area contributed by atoms with Crippen LogP contribution in [0.4, 0.5) is 0 Å². The summed E-state index contributed by atoms with van der Waals surface area (Å²) in [6.07, 6.45) is 5.25. The van der Waals surface area contributed by atoms with Gasteiger partial charge >= 0.3 is 5.97 Å². The molecule has 3 rings (SSSR count). The molecule has 158 valence electrons. The molecule has 7 heteroatoms. The van der Waals surface area contributed by atoms with Crippen molar-refractivity contribution in [2.45, 2.75) is 32.6 Å². The number of carboxylic acid groups (broad SMARTS) is 1. The second kappa shape index (κ2) is 10.3. The van der Waals surface area contributed by atoms with E-state index in [-0.39, 0.29) is 11.3 Å². The van der Waals surface area contributed by atoms with Gasteiger partial charge in [-0.05, 0) is 24.6 Å². The van der Waals surface area contributed by atoms with Crippen LogP contribution in [0.1, 0.15) is 47.9 Å². The van der Waals surface area contributed by atoms with Crippen molar-refractivity contribution in [3.8, 4) is 11.5 Å². The van der Waals surface area contributed by atoms with E-state index in [1.807, 2.05) is 24.3 Å². The Hall–Kier alpha value is -3.48. The highest BCUT2D eigenvalue weighted by Gasteiger charge is 2.12. The highest BCUT2D eigenvalue weighted by Crippen LogP contribution is 2.26. The number of rotatable bonds is 11. The number of nitrogens with zero attached hydrogens (tertiary/aromatic N) is 1. The Labute approximate surface area is 174 Å². The summed E-state index contributed by atoms with van der Waals surface area (Å²) in [5.41, 5.74) is 1.63. The third-order valence-corrected chi connectivity index (χ3v) is 4.57. The fourth-order valence-corrected chi connectivity index (χ4v) is 3.02. The number of aromatic carboxylic acids is 1. The van der Waals surface area contributed by atoms with Crippen LogP contribution in [0, 0.1) is 0 Å². The van der Waals surface area contributed by atoms with Gasteiger partial charge in [0.15, 0.2) is 0 Å². The van der Waals surface area contributed by atoms with E-state index >= 15 is 0 Å². The van der Waals surface area contributed by atoms with E-state index in [4.69, 9.17) is 19.1 Å². The summed E-state index contributed by atoms with van der Waals surface area (Å²) < 4.78 is 11.4. The van der Waals surface area contributed by atoms with Crippen molar-refractivity contribution >= 4 is 23.2 Å². The Kier molecular flexibility index (Phi) is 7.32. The van der Waals surface area contributed by atoms with E-state index in [1.165, 1.54) is 18.2 Å².